The van der Waals surface area contributed by atoms with E-state index in [-0.39, 0.29) is 0 Å². The van der Waals surface area contributed by atoms with Crippen molar-refractivity contribution in [1.82, 2.24) is 14.9 Å². The van der Waals surface area contributed by atoms with Crippen LogP contribution in [-0.2, 0) is 16.6 Å². The van der Waals surface area contributed by atoms with Gasteiger partial charge < -0.3 is 10.6 Å². The molecule has 2 aliphatic rings. The molecule has 1 fully saturated rings. The minimum atomic E-state index is -3.37. The number of aliphatic imine (C=N–C) groups is 1. The van der Waals surface area contributed by atoms with Gasteiger partial charge in [-0.3, -0.25) is 0 Å². The summed E-state index contributed by atoms with van der Waals surface area (Å²) >= 11 is 0. The maximum absolute atomic E-state index is 12.7. The zero-order valence-corrected chi connectivity index (χ0v) is 16.8. The summed E-state index contributed by atoms with van der Waals surface area (Å²) in [6.07, 6.45) is 9.42. The largest absolute Gasteiger partial charge is 0.357 e. The first kappa shape index (κ1) is 19.9. The highest BCUT2D eigenvalue weighted by Gasteiger charge is 2.25. The molecule has 6 nitrogen and oxygen atoms in total. The van der Waals surface area contributed by atoms with Crippen LogP contribution in [0.1, 0.15) is 44.6 Å². The molecule has 7 heteroatoms. The Morgan fingerprint density at radius 3 is 2.41 bits per heavy atom. The van der Waals surface area contributed by atoms with E-state index in [2.05, 4.69) is 27.8 Å². The van der Waals surface area contributed by atoms with Crippen molar-refractivity contribution in [3.63, 3.8) is 0 Å². The molecular formula is C20H30N4O2S. The minimum absolute atomic E-state index is 0.374. The lowest BCUT2D eigenvalue weighted by molar-refractivity contribution is 0.346. The van der Waals surface area contributed by atoms with Crippen LogP contribution in [0, 0.1) is 0 Å². The maximum atomic E-state index is 12.7. The van der Waals surface area contributed by atoms with E-state index in [4.69, 9.17) is 0 Å². The second-order valence-corrected chi connectivity index (χ2v) is 9.03. The third kappa shape index (κ3) is 5.32. The van der Waals surface area contributed by atoms with Crippen molar-refractivity contribution in [1.29, 1.82) is 0 Å². The topological polar surface area (TPSA) is 73.8 Å². The van der Waals surface area contributed by atoms with E-state index in [1.54, 1.807) is 16.4 Å². The van der Waals surface area contributed by atoms with Crippen LogP contribution in [0.25, 0.3) is 0 Å². The normalized spacial score (nSPS) is 19.4. The van der Waals surface area contributed by atoms with Crippen LogP contribution in [0.3, 0.4) is 0 Å². The fourth-order valence-electron chi connectivity index (χ4n) is 3.44. The smallest absolute Gasteiger partial charge is 0.243 e. The van der Waals surface area contributed by atoms with Gasteiger partial charge in [0.05, 0.1) is 11.4 Å². The summed E-state index contributed by atoms with van der Waals surface area (Å²) in [6, 6.07) is 7.54. The summed E-state index contributed by atoms with van der Waals surface area (Å²) in [7, 11) is -3.37. The average molecular weight is 391 g/mol. The fraction of sp³-hybridized carbons (Fsp3) is 0.550. The van der Waals surface area contributed by atoms with E-state index in [0.717, 1.165) is 50.2 Å². The molecule has 1 aromatic carbocycles. The van der Waals surface area contributed by atoms with Gasteiger partial charge in [0, 0.05) is 25.7 Å². The Morgan fingerprint density at radius 2 is 1.78 bits per heavy atom. The summed E-state index contributed by atoms with van der Waals surface area (Å²) in [4.78, 5) is 5.01. The first-order valence-corrected chi connectivity index (χ1v) is 11.3. The standard InChI is InChI=1S/C20H30N4O2S/c1-2-21-20(23-18-8-4-5-9-18)22-16-17-10-12-19(13-11-17)27(25,26)24-14-6-3-7-15-24/h4-5,10-13,18H,2-3,6-9,14-16H2,1H3,(H2,21,22,23). The summed E-state index contributed by atoms with van der Waals surface area (Å²) in [5.41, 5.74) is 0.995. The molecule has 0 atom stereocenters. The Balaban J connectivity index is 1.63. The molecule has 0 amide bonds. The molecule has 1 aliphatic carbocycles. The molecular weight excluding hydrogens is 360 g/mol. The molecule has 148 valence electrons. The summed E-state index contributed by atoms with van der Waals surface area (Å²) in [5, 5.41) is 6.71. The van der Waals surface area contributed by atoms with Crippen LogP contribution in [-0.4, -0.2) is 44.4 Å². The van der Waals surface area contributed by atoms with Crippen LogP contribution >= 0.6 is 0 Å². The predicted molar refractivity (Wildman–Crippen MR) is 109 cm³/mol. The molecule has 0 aromatic heterocycles. The van der Waals surface area contributed by atoms with E-state index in [9.17, 15) is 8.42 Å². The molecule has 1 aliphatic heterocycles. The second-order valence-electron chi connectivity index (χ2n) is 7.09. The highest BCUT2D eigenvalue weighted by Crippen LogP contribution is 2.21. The van der Waals surface area contributed by atoms with Gasteiger partial charge >= 0.3 is 0 Å². The molecule has 0 bridgehead atoms. The van der Waals surface area contributed by atoms with Crippen LogP contribution < -0.4 is 10.6 Å². The zero-order chi connectivity index (χ0) is 19.1. The molecule has 27 heavy (non-hydrogen) atoms. The number of hydrogen-bond donors (Lipinski definition) is 2. The molecule has 2 N–H and O–H groups in total. The number of guanidine groups is 1. The van der Waals surface area contributed by atoms with Crippen molar-refractivity contribution >= 4 is 16.0 Å². The van der Waals surface area contributed by atoms with Crippen LogP contribution in [0.4, 0.5) is 0 Å². The predicted octanol–water partition coefficient (Wildman–Crippen LogP) is 2.63. The van der Waals surface area contributed by atoms with E-state index >= 15 is 0 Å². The van der Waals surface area contributed by atoms with E-state index < -0.39 is 10.0 Å². The first-order valence-electron chi connectivity index (χ1n) is 9.88. The van der Waals surface area contributed by atoms with E-state index in [1.807, 2.05) is 19.1 Å². The van der Waals surface area contributed by atoms with Crippen molar-refractivity contribution in [3.8, 4) is 0 Å². The molecule has 1 heterocycles. The Hall–Kier alpha value is -1.86. The Labute approximate surface area is 162 Å². The molecule has 0 radical (unpaired) electrons. The molecule has 1 aromatic rings. The lowest BCUT2D eigenvalue weighted by atomic mass is 10.2. The quantitative estimate of drug-likeness (QED) is 0.445. The van der Waals surface area contributed by atoms with Gasteiger partial charge in [-0.15, -0.1) is 0 Å². The first-order chi connectivity index (χ1) is 13.1. The van der Waals surface area contributed by atoms with Crippen molar-refractivity contribution in [2.45, 2.75) is 56.5 Å². The molecule has 0 unspecified atom stereocenters. The monoisotopic (exact) mass is 390 g/mol. The zero-order valence-electron chi connectivity index (χ0n) is 16.0. The lowest BCUT2D eigenvalue weighted by Gasteiger charge is -2.25. The summed E-state index contributed by atoms with van der Waals surface area (Å²) in [6.45, 7) is 4.62. The van der Waals surface area contributed by atoms with Crippen molar-refractivity contribution < 1.29 is 8.42 Å². The van der Waals surface area contributed by atoms with Crippen molar-refractivity contribution in [2.24, 2.45) is 4.99 Å². The SMILES string of the molecule is CCNC(=NCc1ccc(S(=O)(=O)N2CCCCC2)cc1)NC1CC=CC1. The third-order valence-electron chi connectivity index (χ3n) is 4.99. The van der Waals surface area contributed by atoms with Crippen molar-refractivity contribution in [3.05, 3.63) is 42.0 Å². The van der Waals surface area contributed by atoms with Gasteiger partial charge in [-0.1, -0.05) is 30.7 Å². The highest BCUT2D eigenvalue weighted by atomic mass is 32.2. The van der Waals surface area contributed by atoms with Crippen LogP contribution in [0.2, 0.25) is 0 Å². The maximum Gasteiger partial charge on any atom is 0.243 e. The van der Waals surface area contributed by atoms with Crippen LogP contribution in [0.5, 0.6) is 0 Å². The van der Waals surface area contributed by atoms with Gasteiger partial charge in [0.1, 0.15) is 0 Å². The third-order valence-corrected chi connectivity index (χ3v) is 6.90. The van der Waals surface area contributed by atoms with Gasteiger partial charge in [-0.25, -0.2) is 13.4 Å². The second kappa shape index (κ2) is 9.37. The number of rotatable bonds is 6. The number of nitrogens with zero attached hydrogens (tertiary/aromatic N) is 2. The number of hydrogen-bond acceptors (Lipinski definition) is 3. The average Bonchev–Trinajstić information content (AvgIpc) is 3.20. The molecule has 0 spiro atoms. The van der Waals surface area contributed by atoms with Crippen LogP contribution in [0.15, 0.2) is 46.3 Å². The minimum Gasteiger partial charge on any atom is -0.357 e. The van der Waals surface area contributed by atoms with Crippen molar-refractivity contribution in [2.75, 3.05) is 19.6 Å². The number of nitrogens with one attached hydrogen (secondary N) is 2. The van der Waals surface area contributed by atoms with E-state index in [1.165, 1.54) is 0 Å². The van der Waals surface area contributed by atoms with Gasteiger partial charge in [-0.2, -0.15) is 4.31 Å². The number of sulfonamides is 1. The summed E-state index contributed by atoms with van der Waals surface area (Å²) < 4.78 is 27.0. The lowest BCUT2D eigenvalue weighted by Crippen LogP contribution is -2.42. The Bertz CT molecular complexity index is 758. The highest BCUT2D eigenvalue weighted by molar-refractivity contribution is 7.89. The van der Waals surface area contributed by atoms with E-state index in [0.29, 0.717) is 30.6 Å². The van der Waals surface area contributed by atoms with Gasteiger partial charge in [-0.05, 0) is 50.3 Å². The number of piperidine rings is 1. The van der Waals surface area contributed by atoms with Gasteiger partial charge in [0.25, 0.3) is 0 Å². The Morgan fingerprint density at radius 1 is 1.11 bits per heavy atom. The molecule has 3 rings (SSSR count). The molecule has 1 saturated heterocycles. The van der Waals surface area contributed by atoms with Gasteiger partial charge in [0.15, 0.2) is 5.96 Å². The number of benzene rings is 1. The summed E-state index contributed by atoms with van der Waals surface area (Å²) in [5.74, 6) is 0.802. The molecule has 0 saturated carbocycles. The fourth-order valence-corrected chi connectivity index (χ4v) is 4.96. The Kier molecular flexibility index (Phi) is 6.90. The van der Waals surface area contributed by atoms with Gasteiger partial charge in [0.2, 0.25) is 10.0 Å².